The highest BCUT2D eigenvalue weighted by Crippen LogP contribution is 2.34. The summed E-state index contributed by atoms with van der Waals surface area (Å²) in [5.74, 6) is -0.271. The van der Waals surface area contributed by atoms with E-state index in [4.69, 9.17) is 27.9 Å². The van der Waals surface area contributed by atoms with Gasteiger partial charge in [-0.25, -0.2) is 0 Å². The first-order chi connectivity index (χ1) is 7.27. The number of Topliss-reactive ketones (excluding diaryl/α,β-unsaturated/α-hetero) is 1. The van der Waals surface area contributed by atoms with Crippen molar-refractivity contribution in [3.63, 3.8) is 0 Å². The van der Waals surface area contributed by atoms with Crippen LogP contribution < -0.4 is 4.74 Å². The number of carbonyl (C=O) groups excluding carboxylic acids is 1. The summed E-state index contributed by atoms with van der Waals surface area (Å²) in [4.78, 5) is 11.9. The van der Waals surface area contributed by atoms with Crippen LogP contribution in [0.2, 0.25) is 10.0 Å². The van der Waals surface area contributed by atoms with Gasteiger partial charge in [0.05, 0.1) is 17.7 Å². The molecule has 0 aromatic heterocycles. The summed E-state index contributed by atoms with van der Waals surface area (Å²) in [6, 6.07) is 2.90. The lowest BCUT2D eigenvalue weighted by atomic mass is 9.96. The van der Waals surface area contributed by atoms with Gasteiger partial charge < -0.3 is 9.84 Å². The molecule has 0 heterocycles. The highest BCUT2D eigenvalue weighted by atomic mass is 35.5. The van der Waals surface area contributed by atoms with Gasteiger partial charge in [-0.05, 0) is 26.0 Å². The maximum Gasteiger partial charge on any atom is 0.197 e. The summed E-state index contributed by atoms with van der Waals surface area (Å²) in [6.07, 6.45) is 0. The lowest BCUT2D eigenvalue weighted by molar-refractivity contribution is 0.0485. The van der Waals surface area contributed by atoms with Crippen LogP contribution in [0.3, 0.4) is 0 Å². The molecule has 0 spiro atoms. The predicted molar refractivity (Wildman–Crippen MR) is 63.6 cm³/mol. The summed E-state index contributed by atoms with van der Waals surface area (Å²) in [5.41, 5.74) is -1.33. The molecule has 1 N–H and O–H groups in total. The van der Waals surface area contributed by atoms with Crippen molar-refractivity contribution < 1.29 is 14.6 Å². The standard InChI is InChI=1S/C11H12Cl2O3/c1-11(2,15)10(14)7-4-6(12)5-8(13)9(7)16-3/h4-5,15H,1-3H3. The first kappa shape index (κ1) is 13.3. The Hall–Kier alpha value is -0.770. The first-order valence-electron chi connectivity index (χ1n) is 4.57. The number of methoxy groups -OCH3 is 1. The molecule has 3 nitrogen and oxygen atoms in total. The molecule has 0 bridgehead atoms. The number of ether oxygens (including phenoxy) is 1. The highest BCUT2D eigenvalue weighted by molar-refractivity contribution is 6.36. The maximum absolute atomic E-state index is 11.9. The van der Waals surface area contributed by atoms with Gasteiger partial charge in [0.25, 0.3) is 0 Å². The molecular formula is C11H12Cl2O3. The molecule has 1 aromatic carbocycles. The zero-order valence-corrected chi connectivity index (χ0v) is 10.7. The highest BCUT2D eigenvalue weighted by Gasteiger charge is 2.29. The Labute approximate surface area is 104 Å². The van der Waals surface area contributed by atoms with E-state index in [1.54, 1.807) is 0 Å². The average Bonchev–Trinajstić information content (AvgIpc) is 2.14. The van der Waals surface area contributed by atoms with E-state index in [0.29, 0.717) is 5.02 Å². The van der Waals surface area contributed by atoms with E-state index in [-0.39, 0.29) is 16.3 Å². The fraction of sp³-hybridized carbons (Fsp3) is 0.364. The normalized spacial score (nSPS) is 11.4. The van der Waals surface area contributed by atoms with Crippen LogP contribution in [-0.4, -0.2) is 23.6 Å². The summed E-state index contributed by atoms with van der Waals surface area (Å²) in [6.45, 7) is 2.78. The Morgan fingerprint density at radius 3 is 2.38 bits per heavy atom. The number of hydrogen-bond donors (Lipinski definition) is 1. The number of ketones is 1. The van der Waals surface area contributed by atoms with E-state index in [1.165, 1.54) is 33.1 Å². The minimum atomic E-state index is -1.50. The van der Waals surface area contributed by atoms with Gasteiger partial charge in [0.2, 0.25) is 0 Å². The van der Waals surface area contributed by atoms with Crippen molar-refractivity contribution in [1.29, 1.82) is 0 Å². The van der Waals surface area contributed by atoms with Crippen molar-refractivity contribution >= 4 is 29.0 Å². The molecule has 0 aliphatic rings. The van der Waals surface area contributed by atoms with Crippen LogP contribution in [0.15, 0.2) is 12.1 Å². The number of halogens is 2. The third kappa shape index (κ3) is 2.67. The van der Waals surface area contributed by atoms with Gasteiger partial charge in [-0.15, -0.1) is 0 Å². The summed E-state index contributed by atoms with van der Waals surface area (Å²) < 4.78 is 5.02. The lowest BCUT2D eigenvalue weighted by Crippen LogP contribution is -2.31. The fourth-order valence-electron chi connectivity index (χ4n) is 1.27. The van der Waals surface area contributed by atoms with Crippen molar-refractivity contribution in [2.75, 3.05) is 7.11 Å². The van der Waals surface area contributed by atoms with Gasteiger partial charge in [0, 0.05) is 5.02 Å². The van der Waals surface area contributed by atoms with Gasteiger partial charge in [0.15, 0.2) is 5.78 Å². The maximum atomic E-state index is 11.9. The lowest BCUT2D eigenvalue weighted by Gasteiger charge is -2.18. The number of rotatable bonds is 3. The van der Waals surface area contributed by atoms with Gasteiger partial charge >= 0.3 is 0 Å². The number of hydrogen-bond acceptors (Lipinski definition) is 3. The van der Waals surface area contributed by atoms with E-state index < -0.39 is 11.4 Å². The minimum absolute atomic E-state index is 0.174. The van der Waals surface area contributed by atoms with E-state index in [0.717, 1.165) is 0 Å². The van der Waals surface area contributed by atoms with E-state index in [1.807, 2.05) is 0 Å². The van der Waals surface area contributed by atoms with E-state index >= 15 is 0 Å². The van der Waals surface area contributed by atoms with E-state index in [2.05, 4.69) is 0 Å². The summed E-state index contributed by atoms with van der Waals surface area (Å²) >= 11 is 11.7. The molecule has 1 rings (SSSR count). The molecule has 0 fully saturated rings. The Morgan fingerprint density at radius 2 is 1.94 bits per heavy atom. The Morgan fingerprint density at radius 1 is 1.38 bits per heavy atom. The molecule has 0 amide bonds. The molecule has 0 atom stereocenters. The number of carbonyl (C=O) groups is 1. The molecule has 16 heavy (non-hydrogen) atoms. The van der Waals surface area contributed by atoms with Crippen molar-refractivity contribution in [2.24, 2.45) is 0 Å². The second-order valence-corrected chi connectivity index (χ2v) is 4.70. The van der Waals surface area contributed by atoms with Gasteiger partial charge in [-0.2, -0.15) is 0 Å². The molecule has 0 saturated heterocycles. The second kappa shape index (κ2) is 4.62. The van der Waals surface area contributed by atoms with Gasteiger partial charge in [-0.1, -0.05) is 23.2 Å². The van der Waals surface area contributed by atoms with Crippen molar-refractivity contribution in [1.82, 2.24) is 0 Å². The molecule has 1 aromatic rings. The Bertz CT molecular complexity index is 422. The zero-order valence-electron chi connectivity index (χ0n) is 9.17. The second-order valence-electron chi connectivity index (χ2n) is 3.86. The van der Waals surface area contributed by atoms with Crippen molar-refractivity contribution in [2.45, 2.75) is 19.4 Å². The van der Waals surface area contributed by atoms with Crippen LogP contribution in [-0.2, 0) is 0 Å². The van der Waals surface area contributed by atoms with Crippen molar-refractivity contribution in [3.8, 4) is 5.75 Å². The first-order valence-corrected chi connectivity index (χ1v) is 5.33. The molecule has 0 aliphatic heterocycles. The van der Waals surface area contributed by atoms with Crippen LogP contribution in [0.25, 0.3) is 0 Å². The van der Waals surface area contributed by atoms with Crippen LogP contribution in [0.1, 0.15) is 24.2 Å². The molecule has 88 valence electrons. The number of benzene rings is 1. The molecule has 5 heteroatoms. The SMILES string of the molecule is COc1c(Cl)cc(Cl)cc1C(=O)C(C)(C)O. The molecule has 0 unspecified atom stereocenters. The monoisotopic (exact) mass is 262 g/mol. The quantitative estimate of drug-likeness (QED) is 0.853. The molecule has 0 saturated carbocycles. The largest absolute Gasteiger partial charge is 0.494 e. The van der Waals surface area contributed by atoms with Crippen LogP contribution >= 0.6 is 23.2 Å². The predicted octanol–water partition coefficient (Wildman–Crippen LogP) is 2.96. The Kier molecular flexibility index (Phi) is 3.84. The summed E-state index contributed by atoms with van der Waals surface area (Å²) in [5, 5.41) is 10.2. The molecule has 0 aliphatic carbocycles. The fourth-order valence-corrected chi connectivity index (χ4v) is 1.84. The Balaban J connectivity index is 3.38. The molecular weight excluding hydrogens is 251 g/mol. The van der Waals surface area contributed by atoms with Gasteiger partial charge in [0.1, 0.15) is 11.4 Å². The number of aliphatic hydroxyl groups is 1. The third-order valence-electron chi connectivity index (χ3n) is 2.01. The topological polar surface area (TPSA) is 46.5 Å². The minimum Gasteiger partial charge on any atom is -0.494 e. The van der Waals surface area contributed by atoms with Gasteiger partial charge in [-0.3, -0.25) is 4.79 Å². The van der Waals surface area contributed by atoms with Crippen LogP contribution in [0, 0.1) is 0 Å². The van der Waals surface area contributed by atoms with Crippen LogP contribution in [0.4, 0.5) is 0 Å². The third-order valence-corrected chi connectivity index (χ3v) is 2.51. The summed E-state index contributed by atoms with van der Waals surface area (Å²) in [7, 11) is 1.40. The average molecular weight is 263 g/mol. The smallest absolute Gasteiger partial charge is 0.197 e. The molecule has 0 radical (unpaired) electrons. The van der Waals surface area contributed by atoms with E-state index in [9.17, 15) is 9.90 Å². The van der Waals surface area contributed by atoms with Crippen molar-refractivity contribution in [3.05, 3.63) is 27.7 Å². The van der Waals surface area contributed by atoms with Crippen LogP contribution in [0.5, 0.6) is 5.75 Å². The zero-order chi connectivity index (χ0) is 12.5.